The molecule has 0 rings (SSSR count). The third-order valence-electron chi connectivity index (χ3n) is 11.2. The topological polar surface area (TPSA) is 78.9 Å². The Balaban J connectivity index is 4.45. The lowest BCUT2D eigenvalue weighted by molar-refractivity contribution is -0.167. The molecule has 1 atom stereocenters. The van der Waals surface area contributed by atoms with Crippen LogP contribution in [0, 0.1) is 0 Å². The number of hydrogen-bond donors (Lipinski definition) is 0. The second kappa shape index (κ2) is 51.5. The summed E-state index contributed by atoms with van der Waals surface area (Å²) in [5, 5.41) is 0. The summed E-state index contributed by atoms with van der Waals surface area (Å²) < 4.78 is 16.8. The largest absolute Gasteiger partial charge is 0.462 e. The molecule has 6 heteroatoms. The van der Waals surface area contributed by atoms with Gasteiger partial charge in [-0.25, -0.2) is 0 Å². The Hall–Kier alpha value is -3.15. The SMILES string of the molecule is CCCCC/C=C\C/C=C\C/C=C\CCCCCCC(=O)OC[C@H](COC(=O)CCCCCCC/C=C\C/C=C\CCCCC)OC(=O)CCCCCCC/C=C\CCCCCC. The van der Waals surface area contributed by atoms with Crippen molar-refractivity contribution in [2.24, 2.45) is 0 Å². The van der Waals surface area contributed by atoms with Gasteiger partial charge in [-0.1, -0.05) is 190 Å². The van der Waals surface area contributed by atoms with Gasteiger partial charge in [0.15, 0.2) is 6.10 Å². The number of esters is 3. The van der Waals surface area contributed by atoms with E-state index in [9.17, 15) is 14.4 Å². The summed E-state index contributed by atoms with van der Waals surface area (Å²) in [7, 11) is 0. The molecule has 0 aromatic rings. The molecular formula is C57H98O6. The summed E-state index contributed by atoms with van der Waals surface area (Å²) in [6.45, 7) is 6.53. The van der Waals surface area contributed by atoms with Gasteiger partial charge in [0.2, 0.25) is 0 Å². The minimum atomic E-state index is -0.794. The Morgan fingerprint density at radius 1 is 0.317 bits per heavy atom. The van der Waals surface area contributed by atoms with Crippen molar-refractivity contribution in [1.29, 1.82) is 0 Å². The van der Waals surface area contributed by atoms with Crippen LogP contribution in [0.4, 0.5) is 0 Å². The minimum Gasteiger partial charge on any atom is -0.462 e. The Labute approximate surface area is 389 Å². The Morgan fingerprint density at radius 2 is 0.571 bits per heavy atom. The zero-order valence-corrected chi connectivity index (χ0v) is 41.3. The maximum Gasteiger partial charge on any atom is 0.306 e. The maximum absolute atomic E-state index is 12.8. The van der Waals surface area contributed by atoms with Crippen LogP contribution in [0.3, 0.4) is 0 Å². The monoisotopic (exact) mass is 879 g/mol. The lowest BCUT2D eigenvalue weighted by atomic mass is 10.1. The standard InChI is InChI=1S/C57H98O6/c1-4-7-10-13-16-19-22-25-27-28-30-33-35-38-41-44-47-50-56(59)62-53-54(63-57(60)51-48-45-42-39-36-31-24-21-18-15-12-9-6-3)52-61-55(58)49-46-43-40-37-34-32-29-26-23-20-17-14-11-8-5-2/h16-17,19-21,24-27,29-30,33,54H,4-15,18,22-23,28,31-32,34-53H2,1-3H3/b19-16-,20-17-,24-21-,27-25-,29-26-,33-30-/t54-/m0/s1. The Bertz CT molecular complexity index is 1190. The van der Waals surface area contributed by atoms with Crippen LogP contribution in [0.1, 0.15) is 252 Å². The number of hydrogen-bond acceptors (Lipinski definition) is 6. The zero-order valence-electron chi connectivity index (χ0n) is 41.3. The minimum absolute atomic E-state index is 0.0935. The second-order valence-corrected chi connectivity index (χ2v) is 17.4. The van der Waals surface area contributed by atoms with Crippen LogP contribution in [-0.4, -0.2) is 37.2 Å². The van der Waals surface area contributed by atoms with E-state index in [2.05, 4.69) is 93.7 Å². The molecule has 0 aliphatic rings. The number of rotatable bonds is 47. The van der Waals surface area contributed by atoms with Crippen molar-refractivity contribution < 1.29 is 28.6 Å². The fourth-order valence-corrected chi connectivity index (χ4v) is 7.12. The smallest absolute Gasteiger partial charge is 0.306 e. The van der Waals surface area contributed by atoms with Gasteiger partial charge in [-0.15, -0.1) is 0 Å². The van der Waals surface area contributed by atoms with Gasteiger partial charge >= 0.3 is 17.9 Å². The highest BCUT2D eigenvalue weighted by atomic mass is 16.6. The summed E-state index contributed by atoms with van der Waals surface area (Å²) in [6.07, 6.45) is 64.5. The normalized spacial score (nSPS) is 12.6. The molecule has 0 aromatic carbocycles. The quantitative estimate of drug-likeness (QED) is 0.0262. The van der Waals surface area contributed by atoms with Gasteiger partial charge in [-0.3, -0.25) is 14.4 Å². The Kier molecular flexibility index (Phi) is 48.9. The fraction of sp³-hybridized carbons (Fsp3) is 0.737. The third kappa shape index (κ3) is 49.7. The average molecular weight is 879 g/mol. The fourth-order valence-electron chi connectivity index (χ4n) is 7.12. The first kappa shape index (κ1) is 59.9. The predicted molar refractivity (Wildman–Crippen MR) is 270 cm³/mol. The van der Waals surface area contributed by atoms with Gasteiger partial charge in [0.05, 0.1) is 0 Å². The molecule has 0 bridgehead atoms. The molecule has 0 spiro atoms. The number of carbonyl (C=O) groups is 3. The van der Waals surface area contributed by atoms with Gasteiger partial charge in [-0.05, 0) is 116 Å². The van der Waals surface area contributed by atoms with E-state index in [0.717, 1.165) is 122 Å². The Morgan fingerprint density at radius 3 is 0.937 bits per heavy atom. The van der Waals surface area contributed by atoms with Gasteiger partial charge < -0.3 is 14.2 Å². The first-order valence-electron chi connectivity index (χ1n) is 26.4. The van der Waals surface area contributed by atoms with Crippen LogP contribution in [-0.2, 0) is 28.6 Å². The number of ether oxygens (including phenoxy) is 3. The molecule has 0 saturated carbocycles. The van der Waals surface area contributed by atoms with Crippen LogP contribution in [0.25, 0.3) is 0 Å². The summed E-state index contributed by atoms with van der Waals surface area (Å²) >= 11 is 0. The lowest BCUT2D eigenvalue weighted by Crippen LogP contribution is -2.30. The molecule has 0 aromatic heterocycles. The molecule has 0 saturated heterocycles. The van der Waals surface area contributed by atoms with Crippen LogP contribution in [0.15, 0.2) is 72.9 Å². The van der Waals surface area contributed by atoms with Gasteiger partial charge in [0.25, 0.3) is 0 Å². The van der Waals surface area contributed by atoms with E-state index in [-0.39, 0.29) is 31.1 Å². The molecule has 0 amide bonds. The average Bonchev–Trinajstić information content (AvgIpc) is 3.28. The van der Waals surface area contributed by atoms with Crippen LogP contribution in [0.5, 0.6) is 0 Å². The van der Waals surface area contributed by atoms with E-state index >= 15 is 0 Å². The first-order chi connectivity index (χ1) is 31.0. The van der Waals surface area contributed by atoms with Crippen molar-refractivity contribution in [2.75, 3.05) is 13.2 Å². The zero-order chi connectivity index (χ0) is 45.8. The third-order valence-corrected chi connectivity index (χ3v) is 11.2. The highest BCUT2D eigenvalue weighted by Crippen LogP contribution is 2.13. The molecule has 0 fully saturated rings. The molecular weight excluding hydrogens is 781 g/mol. The first-order valence-corrected chi connectivity index (χ1v) is 26.4. The summed E-state index contributed by atoms with van der Waals surface area (Å²) in [5.74, 6) is -0.935. The van der Waals surface area contributed by atoms with E-state index in [1.807, 2.05) is 0 Å². The van der Waals surface area contributed by atoms with Crippen LogP contribution >= 0.6 is 0 Å². The molecule has 0 heterocycles. The molecule has 0 N–H and O–H groups in total. The summed E-state index contributed by atoms with van der Waals surface area (Å²) in [6, 6.07) is 0. The van der Waals surface area contributed by atoms with E-state index < -0.39 is 6.10 Å². The van der Waals surface area contributed by atoms with Crippen molar-refractivity contribution in [3.05, 3.63) is 72.9 Å². The summed E-state index contributed by atoms with van der Waals surface area (Å²) in [5.41, 5.74) is 0. The number of unbranched alkanes of at least 4 members (excludes halogenated alkanes) is 24. The molecule has 0 aliphatic heterocycles. The van der Waals surface area contributed by atoms with E-state index in [4.69, 9.17) is 14.2 Å². The molecule has 0 aliphatic carbocycles. The molecule has 0 radical (unpaired) electrons. The predicted octanol–water partition coefficient (Wildman–Crippen LogP) is 17.4. The van der Waals surface area contributed by atoms with Gasteiger partial charge in [0, 0.05) is 19.3 Å². The van der Waals surface area contributed by atoms with Crippen LogP contribution < -0.4 is 0 Å². The highest BCUT2D eigenvalue weighted by molar-refractivity contribution is 5.71. The van der Waals surface area contributed by atoms with E-state index in [1.54, 1.807) is 0 Å². The number of carbonyl (C=O) groups excluding carboxylic acids is 3. The van der Waals surface area contributed by atoms with Gasteiger partial charge in [0.1, 0.15) is 13.2 Å². The van der Waals surface area contributed by atoms with Gasteiger partial charge in [-0.2, -0.15) is 0 Å². The highest BCUT2D eigenvalue weighted by Gasteiger charge is 2.19. The van der Waals surface area contributed by atoms with Crippen molar-refractivity contribution in [3.8, 4) is 0 Å². The molecule has 63 heavy (non-hydrogen) atoms. The lowest BCUT2D eigenvalue weighted by Gasteiger charge is -2.18. The van der Waals surface area contributed by atoms with Crippen molar-refractivity contribution in [3.63, 3.8) is 0 Å². The second-order valence-electron chi connectivity index (χ2n) is 17.4. The van der Waals surface area contributed by atoms with Crippen molar-refractivity contribution in [2.45, 2.75) is 258 Å². The van der Waals surface area contributed by atoms with Crippen molar-refractivity contribution in [1.82, 2.24) is 0 Å². The molecule has 362 valence electrons. The summed E-state index contributed by atoms with van der Waals surface area (Å²) in [4.78, 5) is 38.0. The van der Waals surface area contributed by atoms with E-state index in [1.165, 1.54) is 89.9 Å². The molecule has 6 nitrogen and oxygen atoms in total. The van der Waals surface area contributed by atoms with E-state index in [0.29, 0.717) is 19.3 Å². The van der Waals surface area contributed by atoms with Crippen LogP contribution in [0.2, 0.25) is 0 Å². The maximum atomic E-state index is 12.8. The molecule has 0 unspecified atom stereocenters. The van der Waals surface area contributed by atoms with Crippen molar-refractivity contribution >= 4 is 17.9 Å². The number of allylic oxidation sites excluding steroid dienone is 12.